The van der Waals surface area contributed by atoms with Crippen LogP contribution in [0.3, 0.4) is 0 Å². The molecule has 1 saturated carbocycles. The molecule has 3 amide bonds. The van der Waals surface area contributed by atoms with Gasteiger partial charge in [0.2, 0.25) is 10.0 Å². The number of amides is 3. The van der Waals surface area contributed by atoms with Gasteiger partial charge in [-0.15, -0.1) is 0 Å². The topological polar surface area (TPSA) is 114 Å². The highest BCUT2D eigenvalue weighted by molar-refractivity contribution is 7.89. The Bertz CT molecular complexity index is 1000. The molecule has 1 unspecified atom stereocenters. The molecule has 3 rings (SSSR count). The number of sulfonamides is 1. The van der Waals surface area contributed by atoms with Crippen molar-refractivity contribution in [3.63, 3.8) is 0 Å². The molecule has 184 valence electrons. The van der Waals surface area contributed by atoms with Gasteiger partial charge < -0.3 is 9.47 Å². The molecule has 2 N–H and O–H groups in total. The molecular weight excluding hydrogens is 453 g/mol. The van der Waals surface area contributed by atoms with Crippen LogP contribution in [-0.2, 0) is 25.1 Å². The average Bonchev–Trinajstić information content (AvgIpc) is 3.43. The zero-order valence-corrected chi connectivity index (χ0v) is 20.3. The molecule has 11 heteroatoms. The van der Waals surface area contributed by atoms with E-state index in [1.165, 1.54) is 11.0 Å². The van der Waals surface area contributed by atoms with Crippen LogP contribution in [0.2, 0.25) is 0 Å². The summed E-state index contributed by atoms with van der Waals surface area (Å²) in [5.74, 6) is -0.927. The molecule has 1 saturated heterocycles. The highest BCUT2D eigenvalue weighted by Gasteiger charge is 2.47. The number of hydrogen-bond donors (Lipinski definition) is 2. The van der Waals surface area contributed by atoms with E-state index < -0.39 is 39.4 Å². The van der Waals surface area contributed by atoms with Gasteiger partial charge in [0.15, 0.2) is 11.6 Å². The SMILES string of the molecule is CC1C(=O)NC(=O)N1COCCCS(=O)(=O)NC1(c2ccc(F)c(OCC(C)(C)C)c2)CC1. The van der Waals surface area contributed by atoms with Crippen molar-refractivity contribution in [3.05, 3.63) is 29.6 Å². The number of nitrogens with zero attached hydrogens (tertiary/aromatic N) is 1. The number of urea groups is 1. The average molecular weight is 486 g/mol. The maximum absolute atomic E-state index is 14.2. The Labute approximate surface area is 194 Å². The third-order valence-corrected chi connectivity index (χ3v) is 7.04. The van der Waals surface area contributed by atoms with E-state index in [4.69, 9.17) is 9.47 Å². The van der Waals surface area contributed by atoms with Gasteiger partial charge in [-0.05, 0) is 49.3 Å². The summed E-state index contributed by atoms with van der Waals surface area (Å²) in [5.41, 5.74) is -0.224. The molecule has 1 aromatic carbocycles. The molecule has 1 aliphatic heterocycles. The van der Waals surface area contributed by atoms with E-state index in [0.29, 0.717) is 25.0 Å². The first-order valence-electron chi connectivity index (χ1n) is 11.0. The molecule has 2 fully saturated rings. The van der Waals surface area contributed by atoms with Crippen molar-refractivity contribution in [1.29, 1.82) is 0 Å². The first kappa shape index (κ1) is 25.4. The van der Waals surface area contributed by atoms with Crippen LogP contribution in [0.15, 0.2) is 18.2 Å². The number of nitrogens with one attached hydrogen (secondary N) is 2. The van der Waals surface area contributed by atoms with Crippen LogP contribution in [-0.4, -0.2) is 57.0 Å². The number of imide groups is 1. The quantitative estimate of drug-likeness (QED) is 0.368. The van der Waals surface area contributed by atoms with E-state index in [9.17, 15) is 22.4 Å². The third kappa shape index (κ3) is 6.64. The fourth-order valence-electron chi connectivity index (χ4n) is 3.41. The number of ether oxygens (including phenoxy) is 2. The van der Waals surface area contributed by atoms with E-state index in [2.05, 4.69) is 10.0 Å². The summed E-state index contributed by atoms with van der Waals surface area (Å²) in [5, 5.41) is 2.18. The lowest BCUT2D eigenvalue weighted by molar-refractivity contribution is -0.121. The van der Waals surface area contributed by atoms with Crippen LogP contribution < -0.4 is 14.8 Å². The predicted octanol–water partition coefficient (Wildman–Crippen LogP) is 2.46. The van der Waals surface area contributed by atoms with Crippen molar-refractivity contribution in [2.24, 2.45) is 5.41 Å². The molecular formula is C22H32FN3O6S. The van der Waals surface area contributed by atoms with Crippen molar-refractivity contribution in [2.75, 3.05) is 25.7 Å². The molecule has 1 aromatic rings. The predicted molar refractivity (Wildman–Crippen MR) is 119 cm³/mol. The smallest absolute Gasteiger partial charge is 0.326 e. The number of carbonyl (C=O) groups is 2. The summed E-state index contributed by atoms with van der Waals surface area (Å²) in [4.78, 5) is 24.3. The zero-order chi connectivity index (χ0) is 24.4. The summed E-state index contributed by atoms with van der Waals surface area (Å²) in [6, 6.07) is 3.31. The highest BCUT2D eigenvalue weighted by Crippen LogP contribution is 2.47. The Balaban J connectivity index is 1.51. The second-order valence-corrected chi connectivity index (χ2v) is 11.7. The van der Waals surface area contributed by atoms with E-state index in [0.717, 1.165) is 0 Å². The number of benzene rings is 1. The van der Waals surface area contributed by atoms with Gasteiger partial charge in [0.05, 0.1) is 17.9 Å². The molecule has 1 aliphatic carbocycles. The first-order chi connectivity index (χ1) is 15.3. The second-order valence-electron chi connectivity index (χ2n) is 9.83. The molecule has 0 spiro atoms. The maximum atomic E-state index is 14.2. The largest absolute Gasteiger partial charge is 0.490 e. The Morgan fingerprint density at radius 3 is 2.55 bits per heavy atom. The Hall–Kier alpha value is -2.24. The second kappa shape index (κ2) is 9.55. The van der Waals surface area contributed by atoms with E-state index in [-0.39, 0.29) is 36.7 Å². The summed E-state index contributed by atoms with van der Waals surface area (Å²) >= 11 is 0. The lowest BCUT2D eigenvalue weighted by atomic mass is 9.98. The lowest BCUT2D eigenvalue weighted by Gasteiger charge is -2.22. The Kier molecular flexibility index (Phi) is 7.35. The van der Waals surface area contributed by atoms with Gasteiger partial charge in [-0.2, -0.15) is 0 Å². The Morgan fingerprint density at radius 2 is 1.97 bits per heavy atom. The summed E-state index contributed by atoms with van der Waals surface area (Å²) < 4.78 is 53.2. The van der Waals surface area contributed by atoms with Crippen molar-refractivity contribution >= 4 is 22.0 Å². The molecule has 0 bridgehead atoms. The van der Waals surface area contributed by atoms with Gasteiger partial charge in [0, 0.05) is 6.61 Å². The van der Waals surface area contributed by atoms with Gasteiger partial charge in [0.1, 0.15) is 12.8 Å². The van der Waals surface area contributed by atoms with Crippen molar-refractivity contribution in [2.45, 2.75) is 58.5 Å². The number of carbonyl (C=O) groups excluding carboxylic acids is 2. The molecule has 33 heavy (non-hydrogen) atoms. The monoisotopic (exact) mass is 485 g/mol. The van der Waals surface area contributed by atoms with Gasteiger partial charge in [-0.25, -0.2) is 22.3 Å². The van der Waals surface area contributed by atoms with Crippen molar-refractivity contribution < 1.29 is 31.9 Å². The molecule has 0 radical (unpaired) electrons. The molecule has 9 nitrogen and oxygen atoms in total. The minimum Gasteiger partial charge on any atom is -0.490 e. The standard InChI is InChI=1S/C22H32FN3O6S/c1-15-19(27)24-20(28)26(15)14-31-10-5-11-33(29,30)25-22(8-9-22)16-6-7-17(23)18(12-16)32-13-21(2,3)4/h6-7,12,15,25H,5,8-11,13-14H2,1-4H3,(H,24,27,28). The lowest BCUT2D eigenvalue weighted by Crippen LogP contribution is -2.37. The molecule has 2 aliphatic rings. The van der Waals surface area contributed by atoms with Gasteiger partial charge in [0.25, 0.3) is 5.91 Å². The summed E-state index contributed by atoms with van der Waals surface area (Å²) in [6.07, 6.45) is 1.44. The first-order valence-corrected chi connectivity index (χ1v) is 12.6. The van der Waals surface area contributed by atoms with E-state index in [1.807, 2.05) is 20.8 Å². The van der Waals surface area contributed by atoms with Crippen molar-refractivity contribution in [3.8, 4) is 5.75 Å². The van der Waals surface area contributed by atoms with Crippen LogP contribution in [0.5, 0.6) is 5.75 Å². The minimum atomic E-state index is -3.62. The number of rotatable bonds is 11. The van der Waals surface area contributed by atoms with Crippen LogP contribution in [0.25, 0.3) is 0 Å². The van der Waals surface area contributed by atoms with Gasteiger partial charge in [-0.1, -0.05) is 26.8 Å². The normalized spacial score (nSPS) is 20.2. The molecule has 1 heterocycles. The third-order valence-electron chi connectivity index (χ3n) is 5.52. The van der Waals surface area contributed by atoms with Gasteiger partial charge >= 0.3 is 6.03 Å². The molecule has 1 atom stereocenters. The van der Waals surface area contributed by atoms with E-state index >= 15 is 0 Å². The van der Waals surface area contributed by atoms with E-state index in [1.54, 1.807) is 19.1 Å². The van der Waals surface area contributed by atoms with Crippen LogP contribution in [0, 0.1) is 11.2 Å². The maximum Gasteiger partial charge on any atom is 0.326 e. The van der Waals surface area contributed by atoms with Crippen molar-refractivity contribution in [1.82, 2.24) is 14.9 Å². The van der Waals surface area contributed by atoms with Crippen LogP contribution in [0.4, 0.5) is 9.18 Å². The highest BCUT2D eigenvalue weighted by atomic mass is 32.2. The zero-order valence-electron chi connectivity index (χ0n) is 19.4. The van der Waals surface area contributed by atoms with Crippen LogP contribution in [0.1, 0.15) is 52.5 Å². The minimum absolute atomic E-state index is 0.0942. The summed E-state index contributed by atoms with van der Waals surface area (Å²) in [6.45, 7) is 7.88. The van der Waals surface area contributed by atoms with Crippen LogP contribution >= 0.6 is 0 Å². The number of hydrogen-bond acceptors (Lipinski definition) is 6. The fourth-order valence-corrected chi connectivity index (χ4v) is 4.93. The Morgan fingerprint density at radius 1 is 1.27 bits per heavy atom. The van der Waals surface area contributed by atoms with Gasteiger partial charge in [-0.3, -0.25) is 15.0 Å². The fraction of sp³-hybridized carbons (Fsp3) is 0.636. The molecule has 0 aromatic heterocycles. The summed E-state index contributed by atoms with van der Waals surface area (Å²) in [7, 11) is -3.62. The number of halogens is 1.